The largest absolute Gasteiger partial charge is 0.497 e. The molecule has 18 heavy (non-hydrogen) atoms. The summed E-state index contributed by atoms with van der Waals surface area (Å²) in [6, 6.07) is 16.1. The van der Waals surface area contributed by atoms with E-state index in [2.05, 4.69) is 50.1 Å². The van der Waals surface area contributed by atoms with Crippen molar-refractivity contribution in [3.8, 4) is 5.75 Å². The third-order valence-corrected chi connectivity index (χ3v) is 3.74. The highest BCUT2D eigenvalue weighted by Crippen LogP contribution is 2.26. The van der Waals surface area contributed by atoms with Crippen LogP contribution in [0.3, 0.4) is 0 Å². The van der Waals surface area contributed by atoms with Crippen LogP contribution in [0.2, 0.25) is 0 Å². The molecule has 0 radical (unpaired) electrons. The van der Waals surface area contributed by atoms with E-state index in [0.717, 1.165) is 25.8 Å². The molecule has 0 aromatic heterocycles. The molecule has 0 saturated carbocycles. The van der Waals surface area contributed by atoms with Crippen LogP contribution in [0.15, 0.2) is 53.0 Å². The van der Waals surface area contributed by atoms with E-state index in [9.17, 15) is 0 Å². The van der Waals surface area contributed by atoms with Crippen molar-refractivity contribution in [1.82, 2.24) is 0 Å². The van der Waals surface area contributed by atoms with E-state index in [1.165, 1.54) is 0 Å². The van der Waals surface area contributed by atoms with Gasteiger partial charge in [-0.1, -0.05) is 56.1 Å². The van der Waals surface area contributed by atoms with Gasteiger partial charge in [0.25, 0.3) is 0 Å². The highest BCUT2D eigenvalue weighted by molar-refractivity contribution is 9.15. The Morgan fingerprint density at radius 1 is 1.00 bits per heavy atom. The van der Waals surface area contributed by atoms with Crippen molar-refractivity contribution in [2.24, 2.45) is 0 Å². The van der Waals surface area contributed by atoms with Crippen molar-refractivity contribution in [2.75, 3.05) is 7.11 Å². The number of ether oxygens (including phenoxy) is 1. The van der Waals surface area contributed by atoms with E-state index >= 15 is 0 Å². The Morgan fingerprint density at radius 3 is 2.17 bits per heavy atom. The summed E-state index contributed by atoms with van der Waals surface area (Å²) >= 11 is 7.02. The fourth-order valence-electron chi connectivity index (χ4n) is 1.54. The third kappa shape index (κ3) is 3.47. The van der Waals surface area contributed by atoms with E-state index < -0.39 is 0 Å². The smallest absolute Gasteiger partial charge is 0.118 e. The second kappa shape index (κ2) is 6.21. The molecule has 2 aromatic rings. The van der Waals surface area contributed by atoms with Gasteiger partial charge >= 0.3 is 0 Å². The number of hydrogen-bond donors (Lipinski definition) is 0. The van der Waals surface area contributed by atoms with Crippen molar-refractivity contribution in [2.45, 2.75) is 0 Å². The van der Waals surface area contributed by atoms with Crippen LogP contribution in [0, 0.1) is 0 Å². The van der Waals surface area contributed by atoms with Crippen LogP contribution in [0.4, 0.5) is 0 Å². The average Bonchev–Trinajstić information content (AvgIpc) is 2.41. The number of methoxy groups -OCH3 is 1. The number of rotatable bonds is 3. The second-order valence-electron chi connectivity index (χ2n) is 3.77. The van der Waals surface area contributed by atoms with Gasteiger partial charge in [-0.25, -0.2) is 0 Å². The Bertz CT molecular complexity index is 542. The summed E-state index contributed by atoms with van der Waals surface area (Å²) in [5.74, 6) is 0.864. The van der Waals surface area contributed by atoms with E-state index in [4.69, 9.17) is 4.74 Å². The maximum atomic E-state index is 5.14. The molecule has 0 aliphatic rings. The molecule has 1 nitrogen and oxygen atoms in total. The molecular formula is C15H12Br2O. The summed E-state index contributed by atoms with van der Waals surface area (Å²) < 4.78 is 7.27. The van der Waals surface area contributed by atoms with Crippen molar-refractivity contribution < 1.29 is 4.74 Å². The zero-order valence-electron chi connectivity index (χ0n) is 9.86. The van der Waals surface area contributed by atoms with E-state index in [1.807, 2.05) is 36.4 Å². The van der Waals surface area contributed by atoms with Crippen LogP contribution in [0.1, 0.15) is 11.1 Å². The SMILES string of the molecule is COc1ccc(/C(Br)=C/c2ccc(Br)cc2)cc1. The Labute approximate surface area is 124 Å². The molecule has 0 aliphatic carbocycles. The highest BCUT2D eigenvalue weighted by atomic mass is 79.9. The minimum Gasteiger partial charge on any atom is -0.497 e. The van der Waals surface area contributed by atoms with Gasteiger partial charge < -0.3 is 4.74 Å². The topological polar surface area (TPSA) is 9.23 Å². The summed E-state index contributed by atoms with van der Waals surface area (Å²) in [4.78, 5) is 0. The van der Waals surface area contributed by atoms with Gasteiger partial charge in [0.05, 0.1) is 7.11 Å². The average molecular weight is 368 g/mol. The normalized spacial score (nSPS) is 11.4. The van der Waals surface area contributed by atoms with Gasteiger partial charge in [-0.05, 0) is 41.5 Å². The molecule has 92 valence electrons. The van der Waals surface area contributed by atoms with Crippen LogP contribution in [0.25, 0.3) is 10.6 Å². The van der Waals surface area contributed by atoms with Gasteiger partial charge in [-0.15, -0.1) is 0 Å². The highest BCUT2D eigenvalue weighted by Gasteiger charge is 1.99. The minimum absolute atomic E-state index is 0.864. The first-order valence-corrected chi connectivity index (χ1v) is 7.05. The molecule has 0 unspecified atom stereocenters. The molecule has 0 atom stereocenters. The van der Waals surface area contributed by atoms with Gasteiger partial charge in [0.15, 0.2) is 0 Å². The zero-order chi connectivity index (χ0) is 13.0. The van der Waals surface area contributed by atoms with Gasteiger partial charge in [-0.3, -0.25) is 0 Å². The minimum atomic E-state index is 0.864. The molecule has 2 rings (SSSR count). The van der Waals surface area contributed by atoms with Crippen molar-refractivity contribution >= 4 is 42.4 Å². The summed E-state index contributed by atoms with van der Waals surface area (Å²) in [6.07, 6.45) is 2.09. The van der Waals surface area contributed by atoms with Crippen LogP contribution in [0.5, 0.6) is 5.75 Å². The van der Waals surface area contributed by atoms with Crippen LogP contribution in [-0.4, -0.2) is 7.11 Å². The fraction of sp³-hybridized carbons (Fsp3) is 0.0667. The third-order valence-electron chi connectivity index (χ3n) is 2.53. The first-order valence-electron chi connectivity index (χ1n) is 5.46. The number of halogens is 2. The van der Waals surface area contributed by atoms with Gasteiger partial charge in [0.1, 0.15) is 5.75 Å². The molecule has 0 aliphatic heterocycles. The Morgan fingerprint density at radius 2 is 1.61 bits per heavy atom. The maximum Gasteiger partial charge on any atom is 0.118 e. The predicted octanol–water partition coefficient (Wildman–Crippen LogP) is 5.35. The number of benzene rings is 2. The lowest BCUT2D eigenvalue weighted by molar-refractivity contribution is 0.415. The monoisotopic (exact) mass is 366 g/mol. The zero-order valence-corrected chi connectivity index (χ0v) is 13.0. The lowest BCUT2D eigenvalue weighted by Gasteiger charge is -2.03. The molecule has 3 heteroatoms. The first kappa shape index (κ1) is 13.4. The standard InChI is InChI=1S/C15H12Br2O/c1-18-14-8-4-12(5-9-14)15(17)10-11-2-6-13(16)7-3-11/h2-10H,1H3/b15-10-. The first-order chi connectivity index (χ1) is 8.69. The van der Waals surface area contributed by atoms with Crippen LogP contribution in [-0.2, 0) is 0 Å². The molecule has 2 aromatic carbocycles. The van der Waals surface area contributed by atoms with Crippen molar-refractivity contribution in [3.63, 3.8) is 0 Å². The molecule has 0 heterocycles. The molecule has 0 fully saturated rings. The summed E-state index contributed by atoms with van der Waals surface area (Å²) in [5.41, 5.74) is 2.28. The van der Waals surface area contributed by atoms with E-state index in [1.54, 1.807) is 7.11 Å². The number of hydrogen-bond acceptors (Lipinski definition) is 1. The molecular weight excluding hydrogens is 356 g/mol. The predicted molar refractivity (Wildman–Crippen MR) is 83.9 cm³/mol. The van der Waals surface area contributed by atoms with E-state index in [-0.39, 0.29) is 0 Å². The lowest BCUT2D eigenvalue weighted by atomic mass is 10.1. The Kier molecular flexibility index (Phi) is 4.61. The van der Waals surface area contributed by atoms with Crippen molar-refractivity contribution in [1.29, 1.82) is 0 Å². The summed E-state index contributed by atoms with van der Waals surface area (Å²) in [6.45, 7) is 0. The molecule has 0 amide bonds. The van der Waals surface area contributed by atoms with E-state index in [0.29, 0.717) is 0 Å². The van der Waals surface area contributed by atoms with Crippen LogP contribution >= 0.6 is 31.9 Å². The maximum absolute atomic E-state index is 5.14. The molecule has 0 spiro atoms. The summed E-state index contributed by atoms with van der Waals surface area (Å²) in [5, 5.41) is 0. The summed E-state index contributed by atoms with van der Waals surface area (Å²) in [7, 11) is 1.67. The van der Waals surface area contributed by atoms with Gasteiger partial charge in [-0.2, -0.15) is 0 Å². The molecule has 0 bridgehead atoms. The van der Waals surface area contributed by atoms with Crippen LogP contribution < -0.4 is 4.74 Å². The quantitative estimate of drug-likeness (QED) is 0.664. The van der Waals surface area contributed by atoms with Crippen molar-refractivity contribution in [3.05, 3.63) is 64.1 Å². The molecule has 0 saturated heterocycles. The Balaban J connectivity index is 2.23. The molecule has 0 N–H and O–H groups in total. The Hall–Kier alpha value is -1.06. The lowest BCUT2D eigenvalue weighted by Crippen LogP contribution is -1.83. The second-order valence-corrected chi connectivity index (χ2v) is 5.54. The van der Waals surface area contributed by atoms with Gasteiger partial charge in [0.2, 0.25) is 0 Å². The van der Waals surface area contributed by atoms with Gasteiger partial charge in [0, 0.05) is 8.96 Å². The fourth-order valence-corrected chi connectivity index (χ4v) is 2.33.